The third-order valence-electron chi connectivity index (χ3n) is 12.7. The van der Waals surface area contributed by atoms with E-state index in [1.165, 1.54) is 61.2 Å². The molecule has 9 aromatic carbocycles. The molecule has 2 heteroatoms. The number of hydrogen-bond acceptors (Lipinski definition) is 2. The molecule has 2 aliphatic carbocycles. The van der Waals surface area contributed by atoms with Crippen molar-refractivity contribution in [3.63, 3.8) is 0 Å². The van der Waals surface area contributed by atoms with Crippen molar-refractivity contribution in [3.8, 4) is 89.5 Å². The summed E-state index contributed by atoms with van der Waals surface area (Å²) < 4.78 is 0. The molecule has 0 radical (unpaired) electrons. The number of fused-ring (bicyclic) bond motifs is 10. The van der Waals surface area contributed by atoms with Crippen LogP contribution in [0.4, 0.5) is 0 Å². The van der Waals surface area contributed by atoms with E-state index in [1.54, 1.807) is 0 Å². The van der Waals surface area contributed by atoms with E-state index in [1.807, 2.05) is 0 Å². The van der Waals surface area contributed by atoms with Crippen LogP contribution in [0, 0.1) is 0 Å². The molecule has 10 aromatic rings. The van der Waals surface area contributed by atoms with Crippen LogP contribution in [0.2, 0.25) is 0 Å². The maximum Gasteiger partial charge on any atom is 0.160 e. The van der Waals surface area contributed by atoms with Crippen LogP contribution >= 0.6 is 0 Å². The van der Waals surface area contributed by atoms with Crippen molar-refractivity contribution in [1.29, 1.82) is 0 Å². The molecule has 0 saturated heterocycles. The minimum absolute atomic E-state index is 0.401. The van der Waals surface area contributed by atoms with Crippen molar-refractivity contribution in [3.05, 3.63) is 253 Å². The molecule has 1 aromatic heterocycles. The van der Waals surface area contributed by atoms with Crippen molar-refractivity contribution in [2.45, 2.75) is 5.41 Å². The van der Waals surface area contributed by atoms with Crippen LogP contribution in [0.15, 0.2) is 231 Å². The molecule has 0 aliphatic heterocycles. The van der Waals surface area contributed by atoms with E-state index in [9.17, 15) is 0 Å². The normalized spacial score (nSPS) is 12.7. The summed E-state index contributed by atoms with van der Waals surface area (Å²) in [5.41, 5.74) is 21.9. The van der Waals surface area contributed by atoms with E-state index in [0.717, 1.165) is 44.8 Å². The minimum Gasteiger partial charge on any atom is -0.228 e. The summed E-state index contributed by atoms with van der Waals surface area (Å²) in [5.74, 6) is 0.688. The zero-order valence-corrected chi connectivity index (χ0v) is 33.3. The van der Waals surface area contributed by atoms with Gasteiger partial charge in [0.2, 0.25) is 0 Å². The summed E-state index contributed by atoms with van der Waals surface area (Å²) in [5, 5.41) is 0. The Kier molecular flexibility index (Phi) is 8.11. The van der Waals surface area contributed by atoms with Crippen LogP contribution < -0.4 is 0 Å². The Morgan fingerprint density at radius 1 is 0.246 bits per heavy atom. The highest BCUT2D eigenvalue weighted by Crippen LogP contribution is 2.64. The molecule has 0 unspecified atom stereocenters. The molecular formula is C59H38N2. The van der Waals surface area contributed by atoms with Gasteiger partial charge in [-0.3, -0.25) is 0 Å². The number of benzene rings is 9. The molecule has 1 heterocycles. The third-order valence-corrected chi connectivity index (χ3v) is 12.7. The van der Waals surface area contributed by atoms with Gasteiger partial charge in [-0.05, 0) is 102 Å². The highest BCUT2D eigenvalue weighted by Gasteiger charge is 2.51. The molecule has 1 spiro atoms. The fourth-order valence-corrected chi connectivity index (χ4v) is 10.1. The van der Waals surface area contributed by atoms with E-state index in [2.05, 4.69) is 231 Å². The summed E-state index contributed by atoms with van der Waals surface area (Å²) in [6, 6.07) is 83.3. The predicted molar refractivity (Wildman–Crippen MR) is 251 cm³/mol. The first-order valence-corrected chi connectivity index (χ1v) is 21.0. The second kappa shape index (κ2) is 14.1. The van der Waals surface area contributed by atoms with Gasteiger partial charge in [-0.25, -0.2) is 9.97 Å². The van der Waals surface area contributed by atoms with Crippen molar-refractivity contribution in [2.75, 3.05) is 0 Å². The lowest BCUT2D eigenvalue weighted by atomic mass is 9.70. The van der Waals surface area contributed by atoms with Gasteiger partial charge in [-0.15, -0.1) is 0 Å². The summed E-state index contributed by atoms with van der Waals surface area (Å²) >= 11 is 0. The Balaban J connectivity index is 1.03. The Bertz CT molecular complexity index is 3160. The van der Waals surface area contributed by atoms with Gasteiger partial charge in [-0.2, -0.15) is 0 Å². The smallest absolute Gasteiger partial charge is 0.160 e. The lowest BCUT2D eigenvalue weighted by molar-refractivity contribution is 0.794. The van der Waals surface area contributed by atoms with Gasteiger partial charge in [0.25, 0.3) is 0 Å². The molecule has 284 valence electrons. The molecule has 0 bridgehead atoms. The summed E-state index contributed by atoms with van der Waals surface area (Å²) in [6.45, 7) is 0. The monoisotopic (exact) mass is 774 g/mol. The van der Waals surface area contributed by atoms with Gasteiger partial charge < -0.3 is 0 Å². The molecule has 2 nitrogen and oxygen atoms in total. The van der Waals surface area contributed by atoms with E-state index < -0.39 is 5.41 Å². The number of hydrogen-bond donors (Lipinski definition) is 0. The van der Waals surface area contributed by atoms with Gasteiger partial charge in [0, 0.05) is 16.7 Å². The lowest BCUT2D eigenvalue weighted by Gasteiger charge is -2.30. The van der Waals surface area contributed by atoms with E-state index in [0.29, 0.717) is 5.82 Å². The Labute approximate surface area is 356 Å². The first-order chi connectivity index (χ1) is 30.2. The standard InChI is InChI=1S/C59H38N2/c1-3-17-39(18-4-1)41-21-13-24-44(35-41)55-38-56(45-25-14-22-42(36-45)40-19-5-2-6-20-40)61-58(60-55)46-26-15-23-43(37-46)47-30-16-34-54-57(47)50-29-9-12-33-53(50)59(54)51-31-10-7-27-48(51)49-28-8-11-32-52(49)59/h1-38H. The van der Waals surface area contributed by atoms with Crippen LogP contribution in [-0.4, -0.2) is 9.97 Å². The summed E-state index contributed by atoms with van der Waals surface area (Å²) in [6.07, 6.45) is 0. The zero-order chi connectivity index (χ0) is 40.3. The SMILES string of the molecule is c1ccc(-c2cccc(-c3cc(-c4cccc(-c5ccccc5)c4)nc(-c4cccc(-c5cccc6c5-c5ccccc5C65c6ccccc6-c6ccccc65)c4)n3)c2)cc1. The van der Waals surface area contributed by atoms with E-state index in [4.69, 9.17) is 9.97 Å². The first-order valence-electron chi connectivity index (χ1n) is 21.0. The zero-order valence-electron chi connectivity index (χ0n) is 33.3. The number of aromatic nitrogens is 2. The molecule has 0 amide bonds. The number of rotatable bonds is 6. The van der Waals surface area contributed by atoms with Crippen LogP contribution in [0.5, 0.6) is 0 Å². The van der Waals surface area contributed by atoms with E-state index in [-0.39, 0.29) is 0 Å². The molecule has 0 N–H and O–H groups in total. The topological polar surface area (TPSA) is 25.8 Å². The fraction of sp³-hybridized carbons (Fsp3) is 0.0169. The van der Waals surface area contributed by atoms with Gasteiger partial charge in [0.1, 0.15) is 0 Å². The number of nitrogens with zero attached hydrogens (tertiary/aromatic N) is 2. The van der Waals surface area contributed by atoms with Gasteiger partial charge in [0.15, 0.2) is 5.82 Å². The van der Waals surface area contributed by atoms with Crippen molar-refractivity contribution in [2.24, 2.45) is 0 Å². The Morgan fingerprint density at radius 3 is 1.20 bits per heavy atom. The predicted octanol–water partition coefficient (Wildman–Crippen LogP) is 14.8. The van der Waals surface area contributed by atoms with Gasteiger partial charge >= 0.3 is 0 Å². The molecular weight excluding hydrogens is 737 g/mol. The van der Waals surface area contributed by atoms with Crippen molar-refractivity contribution in [1.82, 2.24) is 9.97 Å². The average molecular weight is 775 g/mol. The van der Waals surface area contributed by atoms with Crippen LogP contribution in [0.3, 0.4) is 0 Å². The highest BCUT2D eigenvalue weighted by molar-refractivity contribution is 6.00. The Hall–Kier alpha value is -7.94. The van der Waals surface area contributed by atoms with Crippen molar-refractivity contribution < 1.29 is 0 Å². The fourth-order valence-electron chi connectivity index (χ4n) is 10.1. The summed E-state index contributed by atoms with van der Waals surface area (Å²) in [4.78, 5) is 10.7. The average Bonchev–Trinajstić information content (AvgIpc) is 3.82. The molecule has 2 aliphatic rings. The maximum atomic E-state index is 5.35. The summed E-state index contributed by atoms with van der Waals surface area (Å²) in [7, 11) is 0. The molecule has 12 rings (SSSR count). The van der Waals surface area contributed by atoms with Gasteiger partial charge in [-0.1, -0.05) is 206 Å². The van der Waals surface area contributed by atoms with Gasteiger partial charge in [0.05, 0.1) is 16.8 Å². The second-order valence-corrected chi connectivity index (χ2v) is 16.1. The Morgan fingerprint density at radius 2 is 0.623 bits per heavy atom. The minimum atomic E-state index is -0.401. The van der Waals surface area contributed by atoms with Crippen LogP contribution in [-0.2, 0) is 5.41 Å². The van der Waals surface area contributed by atoms with E-state index >= 15 is 0 Å². The molecule has 61 heavy (non-hydrogen) atoms. The molecule has 0 atom stereocenters. The maximum absolute atomic E-state index is 5.35. The quantitative estimate of drug-likeness (QED) is 0.168. The van der Waals surface area contributed by atoms with Crippen molar-refractivity contribution >= 4 is 0 Å². The third kappa shape index (κ3) is 5.57. The highest BCUT2D eigenvalue weighted by atomic mass is 14.9. The van der Waals surface area contributed by atoms with Crippen LogP contribution in [0.25, 0.3) is 89.5 Å². The second-order valence-electron chi connectivity index (χ2n) is 16.1. The van der Waals surface area contributed by atoms with Crippen LogP contribution in [0.1, 0.15) is 22.3 Å². The molecule has 0 saturated carbocycles. The first kappa shape index (κ1) is 35.0. The molecule has 0 fully saturated rings. The lowest BCUT2D eigenvalue weighted by Crippen LogP contribution is -2.25. The largest absolute Gasteiger partial charge is 0.228 e.